The maximum absolute atomic E-state index is 11.9. The van der Waals surface area contributed by atoms with Crippen molar-refractivity contribution in [2.45, 2.75) is 51.9 Å². The minimum absolute atomic E-state index is 0.0478. The highest BCUT2D eigenvalue weighted by molar-refractivity contribution is 5.96. The van der Waals surface area contributed by atoms with Gasteiger partial charge in [-0.05, 0) is 54.2 Å². The number of nitro groups is 1. The van der Waals surface area contributed by atoms with Gasteiger partial charge in [-0.3, -0.25) is 14.9 Å². The minimum Gasteiger partial charge on any atom is -0.295 e. The van der Waals surface area contributed by atoms with Gasteiger partial charge >= 0.3 is 0 Å². The molecule has 0 amide bonds. The Labute approximate surface area is 148 Å². The third kappa shape index (κ3) is 2.66. The molecular weight excluding hydrogens is 314 g/mol. The van der Waals surface area contributed by atoms with Gasteiger partial charge in [-0.25, -0.2) is 0 Å². The number of nitrogens with zero attached hydrogens (tertiary/aromatic N) is 1. The van der Waals surface area contributed by atoms with Crippen LogP contribution in [-0.4, -0.2) is 10.7 Å². The molecule has 2 aromatic carbocycles. The van der Waals surface area contributed by atoms with Crippen LogP contribution in [0.3, 0.4) is 0 Å². The molecule has 0 unspecified atom stereocenters. The number of hydrogen-bond acceptors (Lipinski definition) is 3. The first-order chi connectivity index (χ1) is 11.9. The summed E-state index contributed by atoms with van der Waals surface area (Å²) in [6.07, 6.45) is 3.80. The van der Waals surface area contributed by atoms with Crippen molar-refractivity contribution in [2.75, 3.05) is 0 Å². The summed E-state index contributed by atoms with van der Waals surface area (Å²) in [5, 5.41) is 11.3. The van der Waals surface area contributed by atoms with Gasteiger partial charge in [0.2, 0.25) is 0 Å². The van der Waals surface area contributed by atoms with Crippen molar-refractivity contribution in [3.8, 4) is 11.1 Å². The number of benzene rings is 2. The van der Waals surface area contributed by atoms with E-state index in [1.165, 1.54) is 0 Å². The summed E-state index contributed by atoms with van der Waals surface area (Å²) in [5.41, 5.74) is 4.97. The number of hydrogen-bond donors (Lipinski definition) is 0. The van der Waals surface area contributed by atoms with Crippen LogP contribution < -0.4 is 0 Å². The molecule has 2 aromatic rings. The number of carbonyl (C=O) groups is 1. The molecule has 0 fully saturated rings. The Balaban J connectivity index is 2.32. The lowest BCUT2D eigenvalue weighted by molar-refractivity contribution is -0.384. The van der Waals surface area contributed by atoms with Gasteiger partial charge in [0.05, 0.1) is 4.92 Å². The first-order valence-corrected chi connectivity index (χ1v) is 8.89. The largest absolute Gasteiger partial charge is 0.295 e. The van der Waals surface area contributed by atoms with Gasteiger partial charge in [0.25, 0.3) is 5.69 Å². The molecule has 4 heteroatoms. The summed E-state index contributed by atoms with van der Waals surface area (Å²) < 4.78 is 0. The zero-order valence-electron chi connectivity index (χ0n) is 15.0. The molecule has 4 nitrogen and oxygen atoms in total. The second kappa shape index (κ2) is 6.43. The smallest absolute Gasteiger partial charge is 0.269 e. The van der Waals surface area contributed by atoms with E-state index in [2.05, 4.69) is 13.8 Å². The molecular formula is C21H23NO3. The number of ketones is 1. The van der Waals surface area contributed by atoms with Crippen LogP contribution in [0, 0.1) is 10.1 Å². The lowest BCUT2D eigenvalue weighted by Gasteiger charge is -2.32. The van der Waals surface area contributed by atoms with Gasteiger partial charge < -0.3 is 0 Å². The van der Waals surface area contributed by atoms with E-state index in [1.807, 2.05) is 24.3 Å². The molecule has 0 N–H and O–H groups in total. The van der Waals surface area contributed by atoms with Gasteiger partial charge in [-0.2, -0.15) is 0 Å². The topological polar surface area (TPSA) is 60.2 Å². The van der Waals surface area contributed by atoms with E-state index in [-0.39, 0.29) is 21.8 Å². The first kappa shape index (κ1) is 17.3. The Morgan fingerprint density at radius 2 is 1.56 bits per heavy atom. The highest BCUT2D eigenvalue weighted by atomic mass is 16.6. The van der Waals surface area contributed by atoms with Crippen molar-refractivity contribution in [1.29, 1.82) is 0 Å². The van der Waals surface area contributed by atoms with Gasteiger partial charge in [0.15, 0.2) is 5.78 Å². The fourth-order valence-electron chi connectivity index (χ4n) is 4.33. The summed E-state index contributed by atoms with van der Waals surface area (Å²) in [5.74, 6) is 0.0478. The Bertz CT molecular complexity index is 783. The second-order valence-corrected chi connectivity index (χ2v) is 6.89. The summed E-state index contributed by atoms with van der Waals surface area (Å²) in [4.78, 5) is 22.9. The molecule has 0 aliphatic heterocycles. The average molecular weight is 337 g/mol. The van der Waals surface area contributed by atoms with E-state index in [1.54, 1.807) is 19.1 Å². The lowest BCUT2D eigenvalue weighted by Crippen LogP contribution is -2.25. The predicted molar refractivity (Wildman–Crippen MR) is 99.1 cm³/mol. The van der Waals surface area contributed by atoms with Crippen molar-refractivity contribution < 1.29 is 9.72 Å². The molecule has 0 radical (unpaired) electrons. The number of non-ortho nitro benzene ring substituents is 1. The average Bonchev–Trinajstić information content (AvgIpc) is 2.85. The number of nitro benzene ring substituents is 1. The Kier molecular flexibility index (Phi) is 4.46. The molecule has 0 atom stereocenters. The number of fused-ring (bicyclic) bond motifs is 3. The fraction of sp³-hybridized carbons (Fsp3) is 0.381. The standard InChI is InChI=1S/C21H23NO3/c1-4-10-21(11-5-2)19-12-15(14(3)23)6-8-17(19)18-9-7-16(22(24)25)13-20(18)21/h6-9,12-13H,4-5,10-11H2,1-3H3. The molecule has 0 spiro atoms. The predicted octanol–water partition coefficient (Wildman–Crippen LogP) is 5.66. The quantitative estimate of drug-likeness (QED) is 0.388. The van der Waals surface area contributed by atoms with E-state index >= 15 is 0 Å². The molecule has 25 heavy (non-hydrogen) atoms. The number of rotatable bonds is 6. The summed E-state index contributed by atoms with van der Waals surface area (Å²) in [6.45, 7) is 5.86. The maximum atomic E-state index is 11.9. The van der Waals surface area contributed by atoms with Crippen LogP contribution in [0.25, 0.3) is 11.1 Å². The summed E-state index contributed by atoms with van der Waals surface area (Å²) in [7, 11) is 0. The van der Waals surface area contributed by atoms with Crippen LogP contribution >= 0.6 is 0 Å². The number of Topliss-reactive ketones (excluding diaryl/α,β-unsaturated/α-hetero) is 1. The van der Waals surface area contributed by atoms with Gasteiger partial charge in [0.1, 0.15) is 0 Å². The van der Waals surface area contributed by atoms with Crippen LogP contribution in [0.4, 0.5) is 5.69 Å². The zero-order chi connectivity index (χ0) is 18.2. The van der Waals surface area contributed by atoms with Gasteiger partial charge in [0, 0.05) is 23.1 Å². The monoisotopic (exact) mass is 337 g/mol. The molecule has 0 saturated carbocycles. The maximum Gasteiger partial charge on any atom is 0.269 e. The highest BCUT2D eigenvalue weighted by Gasteiger charge is 2.42. The molecule has 0 saturated heterocycles. The van der Waals surface area contributed by atoms with Crippen molar-refractivity contribution in [3.63, 3.8) is 0 Å². The van der Waals surface area contributed by atoms with E-state index in [0.717, 1.165) is 47.9 Å². The SMILES string of the molecule is CCCC1(CCC)c2cc(C(C)=O)ccc2-c2ccc([N+](=O)[O-])cc21. The van der Waals surface area contributed by atoms with E-state index in [4.69, 9.17) is 0 Å². The second-order valence-electron chi connectivity index (χ2n) is 6.89. The van der Waals surface area contributed by atoms with E-state index in [9.17, 15) is 14.9 Å². The van der Waals surface area contributed by atoms with Crippen LogP contribution in [-0.2, 0) is 5.41 Å². The molecule has 0 heterocycles. The summed E-state index contributed by atoms with van der Waals surface area (Å²) >= 11 is 0. The zero-order valence-corrected chi connectivity index (χ0v) is 15.0. The van der Waals surface area contributed by atoms with E-state index < -0.39 is 0 Å². The third-order valence-corrected chi connectivity index (χ3v) is 5.31. The third-order valence-electron chi connectivity index (χ3n) is 5.31. The van der Waals surface area contributed by atoms with Crippen molar-refractivity contribution in [2.24, 2.45) is 0 Å². The number of carbonyl (C=O) groups excluding carboxylic acids is 1. The molecule has 3 rings (SSSR count). The first-order valence-electron chi connectivity index (χ1n) is 8.89. The molecule has 0 bridgehead atoms. The highest BCUT2D eigenvalue weighted by Crippen LogP contribution is 2.54. The van der Waals surface area contributed by atoms with E-state index in [0.29, 0.717) is 5.56 Å². The van der Waals surface area contributed by atoms with Gasteiger partial charge in [-0.15, -0.1) is 0 Å². The van der Waals surface area contributed by atoms with Crippen LogP contribution in [0.15, 0.2) is 36.4 Å². The molecule has 130 valence electrons. The van der Waals surface area contributed by atoms with Crippen LogP contribution in [0.5, 0.6) is 0 Å². The summed E-state index contributed by atoms with van der Waals surface area (Å²) in [6, 6.07) is 11.1. The fourth-order valence-corrected chi connectivity index (χ4v) is 4.33. The Morgan fingerprint density at radius 3 is 2.08 bits per heavy atom. The van der Waals surface area contributed by atoms with Crippen LogP contribution in [0.1, 0.15) is 67.9 Å². The molecule has 0 aromatic heterocycles. The Morgan fingerprint density at radius 1 is 1.00 bits per heavy atom. The lowest BCUT2D eigenvalue weighted by atomic mass is 9.71. The van der Waals surface area contributed by atoms with Crippen LogP contribution in [0.2, 0.25) is 0 Å². The van der Waals surface area contributed by atoms with Crippen molar-refractivity contribution >= 4 is 11.5 Å². The van der Waals surface area contributed by atoms with Crippen molar-refractivity contribution in [3.05, 3.63) is 63.2 Å². The molecule has 1 aliphatic rings. The normalized spacial score (nSPS) is 14.0. The molecule has 1 aliphatic carbocycles. The Hall–Kier alpha value is -2.49. The minimum atomic E-state index is -0.326. The van der Waals surface area contributed by atoms with Crippen molar-refractivity contribution in [1.82, 2.24) is 0 Å². The van der Waals surface area contributed by atoms with Gasteiger partial charge in [-0.1, -0.05) is 38.8 Å².